The molecule has 1 unspecified atom stereocenters. The Morgan fingerprint density at radius 2 is 1.67 bits per heavy atom. The third-order valence-electron chi connectivity index (χ3n) is 10.8. The molecule has 322 valence electrons. The van der Waals surface area contributed by atoms with E-state index in [9.17, 15) is 22.8 Å². The van der Waals surface area contributed by atoms with Gasteiger partial charge in [0.05, 0.1) is 49.0 Å². The van der Waals surface area contributed by atoms with Gasteiger partial charge in [-0.1, -0.05) is 0 Å². The van der Waals surface area contributed by atoms with Crippen LogP contribution in [0.15, 0.2) is 35.2 Å². The summed E-state index contributed by atoms with van der Waals surface area (Å²) in [4.78, 5) is 61.7. The van der Waals surface area contributed by atoms with E-state index in [4.69, 9.17) is 29.1 Å². The van der Waals surface area contributed by atoms with E-state index in [0.717, 1.165) is 23.4 Å². The zero-order valence-electron chi connectivity index (χ0n) is 34.4. The predicted molar refractivity (Wildman–Crippen MR) is 226 cm³/mol. The van der Waals surface area contributed by atoms with Gasteiger partial charge in [0.15, 0.2) is 11.5 Å². The highest BCUT2D eigenvalue weighted by atomic mass is 32.2. The molecule has 0 saturated carbocycles. The number of carboxylic acid groups (broad SMARTS) is 1. The zero-order valence-corrected chi connectivity index (χ0v) is 36.0. The largest absolute Gasteiger partial charge is 0.493 e. The normalized spacial score (nSPS) is 17.9. The van der Waals surface area contributed by atoms with Crippen molar-refractivity contribution in [2.24, 2.45) is 5.92 Å². The molecule has 7 rings (SSSR count). The van der Waals surface area contributed by atoms with Crippen LogP contribution in [-0.4, -0.2) is 117 Å². The van der Waals surface area contributed by atoms with Gasteiger partial charge in [-0.3, -0.25) is 19.2 Å². The SMILES string of the molecule is COc1cc2nc3c(cc2c(OC)c1OC)CN(S(=O)(=O)c1ccc2c(c1)CCC(=O)N2)CCCCN(C(=O)c1sc(C)nc1C)CC(=O)NCC1CCCN3C1.O=CO. The van der Waals surface area contributed by atoms with Gasteiger partial charge < -0.3 is 39.8 Å². The second kappa shape index (κ2) is 19.2. The van der Waals surface area contributed by atoms with E-state index in [0.29, 0.717) is 94.7 Å². The van der Waals surface area contributed by atoms with Crippen molar-refractivity contribution in [2.75, 3.05) is 70.8 Å². The van der Waals surface area contributed by atoms with Gasteiger partial charge in [0.2, 0.25) is 27.6 Å². The lowest BCUT2D eigenvalue weighted by atomic mass is 9.97. The Bertz CT molecular complexity index is 2370. The van der Waals surface area contributed by atoms with Gasteiger partial charge in [-0.15, -0.1) is 11.3 Å². The van der Waals surface area contributed by atoms with E-state index in [1.165, 1.54) is 28.8 Å². The number of fused-ring (bicyclic) bond motifs is 6. The Morgan fingerprint density at radius 1 is 0.917 bits per heavy atom. The summed E-state index contributed by atoms with van der Waals surface area (Å²) in [5.41, 5.74) is 3.24. The molecule has 1 atom stereocenters. The number of anilines is 2. The lowest BCUT2D eigenvalue weighted by molar-refractivity contribution is -0.123. The Balaban J connectivity index is 0.00000195. The van der Waals surface area contributed by atoms with Crippen LogP contribution in [0.4, 0.5) is 11.5 Å². The molecule has 4 aromatic rings. The second-order valence-corrected chi connectivity index (χ2v) is 18.0. The first-order valence-electron chi connectivity index (χ1n) is 19.7. The maximum Gasteiger partial charge on any atom is 0.290 e. The molecule has 0 aliphatic carbocycles. The standard InChI is InChI=1S/C40H49N7O8S2.CH2O2/c1-24-38(56-25(2)42-24)40(50)46-14-6-7-16-47(57(51,52)29-11-12-31-27(17-29)10-13-34(48)43-31)22-28-18-30-32(19-33(53-3)37(55-5)36(30)54-4)44-39(28)45-15-8-9-26(21-45)20-41-35(49)23-46;2-1-3/h11-12,17-19,26H,6-10,13-16,20-23H2,1-5H3,(H,41,49)(H,43,48);1H,(H,2,3). The monoisotopic (exact) mass is 865 g/mol. The van der Waals surface area contributed by atoms with Crippen LogP contribution in [-0.2, 0) is 37.4 Å². The highest BCUT2D eigenvalue weighted by Crippen LogP contribution is 2.44. The smallest absolute Gasteiger partial charge is 0.290 e. The first kappa shape index (κ1) is 44.0. The Hall–Kier alpha value is -5.53. The lowest BCUT2D eigenvalue weighted by Crippen LogP contribution is -2.45. The minimum Gasteiger partial charge on any atom is -0.493 e. The summed E-state index contributed by atoms with van der Waals surface area (Å²) in [5.74, 6) is 1.34. The molecule has 5 heterocycles. The number of benzene rings is 2. The van der Waals surface area contributed by atoms with Crippen molar-refractivity contribution in [3.63, 3.8) is 0 Å². The van der Waals surface area contributed by atoms with Crippen LogP contribution in [0, 0.1) is 19.8 Å². The molecule has 3 N–H and O–H groups in total. The van der Waals surface area contributed by atoms with Crippen molar-refractivity contribution in [2.45, 2.75) is 63.8 Å². The van der Waals surface area contributed by atoms with E-state index >= 15 is 0 Å². The number of hydrogen-bond donors (Lipinski definition) is 3. The highest BCUT2D eigenvalue weighted by molar-refractivity contribution is 7.89. The number of carbonyl (C=O) groups excluding carboxylic acids is 3. The number of methoxy groups -OCH3 is 3. The summed E-state index contributed by atoms with van der Waals surface area (Å²) in [6.07, 6.45) is 3.23. The number of nitrogens with one attached hydrogen (secondary N) is 2. The van der Waals surface area contributed by atoms with E-state index < -0.39 is 10.0 Å². The molecule has 3 amide bonds. The fourth-order valence-corrected chi connectivity index (χ4v) is 10.4. The van der Waals surface area contributed by atoms with Gasteiger partial charge in [-0.2, -0.15) is 4.31 Å². The molecule has 3 aliphatic rings. The molecule has 19 heteroatoms. The number of amides is 3. The lowest BCUT2D eigenvalue weighted by Gasteiger charge is -2.36. The number of pyridine rings is 1. The van der Waals surface area contributed by atoms with E-state index in [1.807, 2.05) is 13.0 Å². The predicted octanol–water partition coefficient (Wildman–Crippen LogP) is 4.38. The number of aromatic nitrogens is 2. The van der Waals surface area contributed by atoms with Crippen molar-refractivity contribution < 1.29 is 46.9 Å². The molecule has 1 saturated heterocycles. The van der Waals surface area contributed by atoms with Crippen LogP contribution < -0.4 is 29.7 Å². The van der Waals surface area contributed by atoms with Gasteiger partial charge in [-0.25, -0.2) is 18.4 Å². The molecule has 2 aromatic heterocycles. The molecule has 1 fully saturated rings. The number of aryl methyl sites for hydroxylation is 3. The number of sulfonamides is 1. The number of piperidine rings is 1. The maximum absolute atomic E-state index is 14.8. The van der Waals surface area contributed by atoms with E-state index in [2.05, 4.69) is 20.5 Å². The van der Waals surface area contributed by atoms with Gasteiger partial charge in [0.1, 0.15) is 10.7 Å². The van der Waals surface area contributed by atoms with Gasteiger partial charge in [-0.05, 0) is 81.7 Å². The molecule has 0 spiro atoms. The summed E-state index contributed by atoms with van der Waals surface area (Å²) < 4.78 is 48.4. The van der Waals surface area contributed by atoms with E-state index in [1.54, 1.807) is 44.2 Å². The first-order valence-corrected chi connectivity index (χ1v) is 22.0. The quantitative estimate of drug-likeness (QED) is 0.230. The molecule has 0 radical (unpaired) electrons. The number of carbonyl (C=O) groups is 4. The maximum atomic E-state index is 14.8. The van der Waals surface area contributed by atoms with Crippen molar-refractivity contribution >= 4 is 68.0 Å². The van der Waals surface area contributed by atoms with Crippen LogP contribution in [0.5, 0.6) is 17.2 Å². The number of nitrogens with zero attached hydrogens (tertiary/aromatic N) is 5. The van der Waals surface area contributed by atoms with Gasteiger partial charge in [0.25, 0.3) is 12.4 Å². The van der Waals surface area contributed by atoms with E-state index in [-0.39, 0.29) is 67.6 Å². The van der Waals surface area contributed by atoms with Crippen LogP contribution >= 0.6 is 11.3 Å². The zero-order chi connectivity index (χ0) is 43.1. The topological polar surface area (TPSA) is 210 Å². The second-order valence-electron chi connectivity index (χ2n) is 14.8. The van der Waals surface area contributed by atoms with Crippen molar-refractivity contribution in [1.82, 2.24) is 24.5 Å². The Kier molecular flexibility index (Phi) is 14.1. The van der Waals surface area contributed by atoms with Crippen molar-refractivity contribution in [3.8, 4) is 17.2 Å². The third kappa shape index (κ3) is 9.58. The Labute approximate surface area is 353 Å². The molecule has 60 heavy (non-hydrogen) atoms. The molecular weight excluding hydrogens is 815 g/mol. The van der Waals surface area contributed by atoms with Crippen LogP contribution in [0.2, 0.25) is 0 Å². The summed E-state index contributed by atoms with van der Waals surface area (Å²) in [7, 11) is 0.497. The molecule has 17 nitrogen and oxygen atoms in total. The minimum absolute atomic E-state index is 0.00812. The average Bonchev–Trinajstić information content (AvgIpc) is 3.58. The summed E-state index contributed by atoms with van der Waals surface area (Å²) >= 11 is 1.30. The molecule has 2 aromatic carbocycles. The fourth-order valence-electron chi connectivity index (χ4n) is 7.98. The van der Waals surface area contributed by atoms with Gasteiger partial charge in [0, 0.05) is 68.4 Å². The molecule has 2 bridgehead atoms. The van der Waals surface area contributed by atoms with Crippen molar-refractivity contribution in [3.05, 3.63) is 57.0 Å². The number of hydrogen-bond acceptors (Lipinski definition) is 13. The van der Waals surface area contributed by atoms with Crippen LogP contribution in [0.25, 0.3) is 10.9 Å². The van der Waals surface area contributed by atoms with Crippen molar-refractivity contribution in [1.29, 1.82) is 0 Å². The van der Waals surface area contributed by atoms with Crippen LogP contribution in [0.3, 0.4) is 0 Å². The third-order valence-corrected chi connectivity index (χ3v) is 13.7. The minimum atomic E-state index is -4.12. The summed E-state index contributed by atoms with van der Waals surface area (Å²) in [5, 5.41) is 14.2. The fraction of sp³-hybridized carbons (Fsp3) is 0.463. The summed E-state index contributed by atoms with van der Waals surface area (Å²) in [6.45, 7) is 5.28. The Morgan fingerprint density at radius 3 is 2.37 bits per heavy atom. The number of rotatable bonds is 6. The highest BCUT2D eigenvalue weighted by Gasteiger charge is 2.32. The number of ether oxygens (including phenoxy) is 3. The molecular formula is C41H51N7O10S2. The number of thiazole rings is 1. The summed E-state index contributed by atoms with van der Waals surface area (Å²) in [6, 6.07) is 8.55. The molecule has 3 aliphatic heterocycles. The van der Waals surface area contributed by atoms with Gasteiger partial charge >= 0.3 is 0 Å². The average molecular weight is 866 g/mol. The first-order chi connectivity index (χ1) is 28.8. The van der Waals surface area contributed by atoms with Crippen LogP contribution in [0.1, 0.15) is 63.6 Å².